The molecule has 1 aromatic heterocycles. The Bertz CT molecular complexity index is 1980. The first-order chi connectivity index (χ1) is 23.5. The minimum atomic E-state index is -0.766. The number of nitrogens with zero attached hydrogens (tertiary/aromatic N) is 1. The highest BCUT2D eigenvalue weighted by Crippen LogP contribution is 2.50. The maximum Gasteiger partial charge on any atom is 0.312 e. The minimum absolute atomic E-state index is 0.00606. The predicted octanol–water partition coefficient (Wildman–Crippen LogP) is 3.68. The molecular formula is C36H35N3O9S. The fourth-order valence-electron chi connectivity index (χ4n) is 6.08. The Hall–Kier alpha value is -5.30. The number of rotatable bonds is 11. The molecule has 12 nitrogen and oxygen atoms in total. The number of amides is 3. The summed E-state index contributed by atoms with van der Waals surface area (Å²) in [5.74, 6) is -0.123. The van der Waals surface area contributed by atoms with Crippen LogP contribution in [0.3, 0.4) is 0 Å². The lowest BCUT2D eigenvalue weighted by atomic mass is 9.95. The first-order valence-corrected chi connectivity index (χ1v) is 16.5. The molecule has 2 aliphatic rings. The number of carbonyl (C=O) groups is 4. The number of hydrogen-bond donors (Lipinski definition) is 2. The standard InChI is InChI=1S/C36H35N3O9S/c1-36(2)32(39-34(44)31(35(39)49-36)38-28(41)16-20-8-6-5-7-9-20)33(43)37-15-14-29(42)47-22-12-10-21(11-13-22)25-19-24(40)30-26(46-4)17-23(45-3)18-27(30)48-25/h5-13,17-19,31-32,35H,14-16H2,1-4H3,(H,37,43)(H,38,41)/t31-,32+,35-/m1/s1. The smallest absolute Gasteiger partial charge is 0.312 e. The first kappa shape index (κ1) is 33.6. The Kier molecular flexibility index (Phi) is 9.37. The molecule has 0 unspecified atom stereocenters. The summed E-state index contributed by atoms with van der Waals surface area (Å²) in [5.41, 5.74) is 1.44. The largest absolute Gasteiger partial charge is 0.496 e. The summed E-state index contributed by atoms with van der Waals surface area (Å²) >= 11 is 1.46. The third-order valence-corrected chi connectivity index (χ3v) is 10.0. The second-order valence-corrected chi connectivity index (χ2v) is 14.0. The predicted molar refractivity (Wildman–Crippen MR) is 182 cm³/mol. The molecule has 0 radical (unpaired) electrons. The van der Waals surface area contributed by atoms with Gasteiger partial charge in [-0.15, -0.1) is 11.8 Å². The van der Waals surface area contributed by atoms with E-state index in [1.54, 1.807) is 36.4 Å². The molecule has 3 aromatic carbocycles. The molecule has 0 saturated carbocycles. The normalized spacial score (nSPS) is 19.1. The van der Waals surface area contributed by atoms with Crippen LogP contribution < -0.4 is 30.3 Å². The maximum atomic E-state index is 13.3. The Labute approximate surface area is 286 Å². The summed E-state index contributed by atoms with van der Waals surface area (Å²) in [5, 5.41) is 5.52. The topological polar surface area (TPSA) is 153 Å². The fourth-order valence-corrected chi connectivity index (χ4v) is 7.71. The Morgan fingerprint density at radius 2 is 1.67 bits per heavy atom. The maximum absolute atomic E-state index is 13.3. The van der Waals surface area contributed by atoms with Gasteiger partial charge in [-0.05, 0) is 43.7 Å². The zero-order valence-electron chi connectivity index (χ0n) is 27.3. The molecule has 6 rings (SSSR count). The van der Waals surface area contributed by atoms with Crippen LogP contribution in [-0.4, -0.2) is 71.6 Å². The number of benzene rings is 3. The van der Waals surface area contributed by atoms with Gasteiger partial charge < -0.3 is 34.2 Å². The SMILES string of the molecule is COc1cc(OC)c2c(=O)cc(-c3ccc(OC(=O)CCNC(=O)[C@@H]4N5C(=O)[C@@H](NC(=O)Cc6ccccc6)[C@H]5SC4(C)C)cc3)oc2c1. The lowest BCUT2D eigenvalue weighted by molar-refractivity contribution is -0.155. The molecule has 3 atom stereocenters. The van der Waals surface area contributed by atoms with Gasteiger partial charge in [0, 0.05) is 35.1 Å². The molecule has 49 heavy (non-hydrogen) atoms. The van der Waals surface area contributed by atoms with Crippen molar-refractivity contribution in [1.29, 1.82) is 0 Å². The van der Waals surface area contributed by atoms with Crippen LogP contribution in [0.25, 0.3) is 22.3 Å². The van der Waals surface area contributed by atoms with Gasteiger partial charge in [-0.2, -0.15) is 0 Å². The fraction of sp³-hybridized carbons (Fsp3) is 0.306. The summed E-state index contributed by atoms with van der Waals surface area (Å²) in [4.78, 5) is 65.9. The van der Waals surface area contributed by atoms with Crippen LogP contribution in [0.2, 0.25) is 0 Å². The highest BCUT2D eigenvalue weighted by Gasteiger charge is 2.63. The van der Waals surface area contributed by atoms with Gasteiger partial charge >= 0.3 is 5.97 Å². The third-order valence-electron chi connectivity index (χ3n) is 8.44. The molecule has 0 spiro atoms. The van der Waals surface area contributed by atoms with E-state index in [2.05, 4.69) is 10.6 Å². The van der Waals surface area contributed by atoms with Crippen LogP contribution in [0.15, 0.2) is 82.0 Å². The monoisotopic (exact) mass is 685 g/mol. The van der Waals surface area contributed by atoms with Crippen LogP contribution in [0.1, 0.15) is 25.8 Å². The van der Waals surface area contributed by atoms with Crippen LogP contribution in [-0.2, 0) is 25.6 Å². The molecule has 3 heterocycles. The second kappa shape index (κ2) is 13.7. The van der Waals surface area contributed by atoms with Crippen molar-refractivity contribution in [1.82, 2.24) is 15.5 Å². The number of fused-ring (bicyclic) bond motifs is 2. The molecular weight excluding hydrogens is 650 g/mol. The summed E-state index contributed by atoms with van der Waals surface area (Å²) in [7, 11) is 2.96. The van der Waals surface area contributed by atoms with E-state index in [1.807, 2.05) is 44.2 Å². The summed E-state index contributed by atoms with van der Waals surface area (Å²) in [6, 6.07) is 18.8. The van der Waals surface area contributed by atoms with E-state index >= 15 is 0 Å². The lowest BCUT2D eigenvalue weighted by Crippen LogP contribution is -2.71. The van der Waals surface area contributed by atoms with Gasteiger partial charge in [-0.25, -0.2) is 0 Å². The highest BCUT2D eigenvalue weighted by molar-refractivity contribution is 8.01. The minimum Gasteiger partial charge on any atom is -0.496 e. The Morgan fingerprint density at radius 1 is 0.939 bits per heavy atom. The molecule has 254 valence electrons. The molecule has 2 N–H and O–H groups in total. The van der Waals surface area contributed by atoms with Crippen LogP contribution in [0.4, 0.5) is 0 Å². The number of β-lactam (4-membered cyclic amide) rings is 1. The number of hydrogen-bond acceptors (Lipinski definition) is 10. The van der Waals surface area contributed by atoms with Crippen molar-refractivity contribution >= 4 is 46.4 Å². The van der Waals surface area contributed by atoms with Gasteiger partial charge in [0.2, 0.25) is 17.7 Å². The van der Waals surface area contributed by atoms with E-state index in [1.165, 1.54) is 36.9 Å². The van der Waals surface area contributed by atoms with Crippen LogP contribution in [0, 0.1) is 0 Å². The molecule has 2 fully saturated rings. The van der Waals surface area contributed by atoms with Gasteiger partial charge in [-0.3, -0.25) is 24.0 Å². The number of thioether (sulfide) groups is 1. The molecule has 2 aliphatic heterocycles. The quantitative estimate of drug-likeness (QED) is 0.136. The van der Waals surface area contributed by atoms with Gasteiger partial charge in [0.05, 0.1) is 27.1 Å². The van der Waals surface area contributed by atoms with Gasteiger partial charge in [0.15, 0.2) is 5.43 Å². The van der Waals surface area contributed by atoms with Crippen molar-refractivity contribution in [3.8, 4) is 28.6 Å². The van der Waals surface area contributed by atoms with Gasteiger partial charge in [-0.1, -0.05) is 30.3 Å². The highest BCUT2D eigenvalue weighted by atomic mass is 32.2. The molecule has 0 bridgehead atoms. The van der Waals surface area contributed by atoms with Crippen molar-refractivity contribution in [2.45, 2.75) is 48.9 Å². The van der Waals surface area contributed by atoms with E-state index < -0.39 is 22.8 Å². The van der Waals surface area contributed by atoms with E-state index in [0.717, 1.165) is 5.56 Å². The van der Waals surface area contributed by atoms with Gasteiger partial charge in [0.25, 0.3) is 0 Å². The Morgan fingerprint density at radius 3 is 2.37 bits per heavy atom. The molecule has 13 heteroatoms. The number of ether oxygens (including phenoxy) is 3. The van der Waals surface area contributed by atoms with Crippen molar-refractivity contribution in [3.05, 3.63) is 88.6 Å². The lowest BCUT2D eigenvalue weighted by Gasteiger charge is -2.44. The molecule has 3 amide bonds. The Balaban J connectivity index is 1.01. The molecule has 0 aliphatic carbocycles. The zero-order valence-corrected chi connectivity index (χ0v) is 28.1. The van der Waals surface area contributed by atoms with Crippen molar-refractivity contribution < 1.29 is 37.8 Å². The van der Waals surface area contributed by atoms with E-state index in [9.17, 15) is 24.0 Å². The average molecular weight is 686 g/mol. The van der Waals surface area contributed by atoms with Crippen molar-refractivity contribution in [3.63, 3.8) is 0 Å². The average Bonchev–Trinajstić information content (AvgIpc) is 3.34. The van der Waals surface area contributed by atoms with E-state index in [-0.39, 0.29) is 53.7 Å². The van der Waals surface area contributed by atoms with Crippen molar-refractivity contribution in [2.75, 3.05) is 20.8 Å². The summed E-state index contributed by atoms with van der Waals surface area (Å²) < 4.78 is 21.4. The third kappa shape index (κ3) is 6.84. The van der Waals surface area contributed by atoms with Gasteiger partial charge in [0.1, 0.15) is 51.4 Å². The number of carbonyl (C=O) groups excluding carboxylic acids is 4. The molecule has 2 saturated heterocycles. The van der Waals surface area contributed by atoms with E-state index in [0.29, 0.717) is 33.8 Å². The summed E-state index contributed by atoms with van der Waals surface area (Å²) in [6.07, 6.45) is 0.0522. The summed E-state index contributed by atoms with van der Waals surface area (Å²) in [6.45, 7) is 3.77. The molecule has 4 aromatic rings. The first-order valence-electron chi connectivity index (χ1n) is 15.6. The second-order valence-electron chi connectivity index (χ2n) is 12.2. The van der Waals surface area contributed by atoms with Crippen molar-refractivity contribution in [2.24, 2.45) is 0 Å². The number of esters is 1. The van der Waals surface area contributed by atoms with Crippen LogP contribution in [0.5, 0.6) is 17.2 Å². The number of methoxy groups -OCH3 is 2. The zero-order chi connectivity index (χ0) is 34.9. The van der Waals surface area contributed by atoms with Crippen LogP contribution >= 0.6 is 11.8 Å². The number of nitrogens with one attached hydrogen (secondary N) is 2. The van der Waals surface area contributed by atoms with E-state index in [4.69, 9.17) is 18.6 Å².